The maximum Gasteiger partial charge on any atom is 0.203 e. The predicted octanol–water partition coefficient (Wildman–Crippen LogP) is 4.59. The van der Waals surface area contributed by atoms with Crippen LogP contribution >= 0.6 is 33.8 Å². The number of fused-ring (bicyclic) bond motifs is 1. The van der Waals surface area contributed by atoms with Crippen LogP contribution in [0.4, 0.5) is 4.39 Å². The smallest absolute Gasteiger partial charge is 0.203 e. The predicted molar refractivity (Wildman–Crippen MR) is 86.4 cm³/mol. The lowest BCUT2D eigenvalue weighted by molar-refractivity contribution is 0.281. The summed E-state index contributed by atoms with van der Waals surface area (Å²) in [4.78, 5) is -0.0195. The number of hydrogen-bond donors (Lipinski definition) is 3. The highest BCUT2D eigenvalue weighted by Crippen LogP contribution is 2.64. The van der Waals surface area contributed by atoms with E-state index in [9.17, 15) is 13.5 Å². The highest BCUT2D eigenvalue weighted by molar-refractivity contribution is 8.25. The van der Waals surface area contributed by atoms with Gasteiger partial charge in [-0.15, -0.1) is 10.6 Å². The number of hydrogen-bond acceptors (Lipinski definition) is 4. The maximum absolute atomic E-state index is 14.0. The summed E-state index contributed by atoms with van der Waals surface area (Å²) in [5, 5.41) is 0.605. The molecule has 0 aliphatic carbocycles. The second-order valence-electron chi connectivity index (χ2n) is 4.75. The van der Waals surface area contributed by atoms with Crippen molar-refractivity contribution in [1.29, 1.82) is 0 Å². The van der Waals surface area contributed by atoms with Gasteiger partial charge in [0.15, 0.2) is 5.75 Å². The Bertz CT molecular complexity index is 737. The molecule has 0 spiro atoms. The zero-order chi connectivity index (χ0) is 16.1. The Labute approximate surface area is 138 Å². The second kappa shape index (κ2) is 5.56. The third-order valence-electron chi connectivity index (χ3n) is 3.38. The second-order valence-corrected chi connectivity index (χ2v) is 7.72. The number of halogens is 3. The Morgan fingerprint density at radius 3 is 2.45 bits per heavy atom. The van der Waals surface area contributed by atoms with E-state index in [1.54, 1.807) is 18.2 Å². The number of benzene rings is 2. The van der Waals surface area contributed by atoms with Gasteiger partial charge in [-0.05, 0) is 18.2 Å². The van der Waals surface area contributed by atoms with E-state index in [2.05, 4.69) is 0 Å². The molecule has 2 aromatic carbocycles. The Hall–Kier alpha value is -1.02. The van der Waals surface area contributed by atoms with E-state index >= 15 is 0 Å². The summed E-state index contributed by atoms with van der Waals surface area (Å²) in [6, 6.07) is 7.10. The number of nitrogens with two attached hydrogens (primary N) is 1. The topological polar surface area (TPSA) is 75.7 Å². The Morgan fingerprint density at radius 2 is 1.86 bits per heavy atom. The van der Waals surface area contributed by atoms with Crippen molar-refractivity contribution in [2.75, 3.05) is 6.54 Å². The van der Waals surface area contributed by atoms with Crippen LogP contribution in [0.25, 0.3) is 11.1 Å². The SMILES string of the molecule is NCC1Oc2c(-c3c(Cl)cccc3Cl)cc(F)cc2S1(O)O. The zero-order valence-electron chi connectivity index (χ0n) is 11.1. The molecule has 0 bridgehead atoms. The van der Waals surface area contributed by atoms with Gasteiger partial charge in [0.05, 0.1) is 10.0 Å². The van der Waals surface area contributed by atoms with Gasteiger partial charge in [-0.25, -0.2) is 4.39 Å². The van der Waals surface area contributed by atoms with Crippen LogP contribution in [-0.4, -0.2) is 21.1 Å². The van der Waals surface area contributed by atoms with E-state index in [0.29, 0.717) is 15.6 Å². The average molecular weight is 364 g/mol. The molecule has 4 N–H and O–H groups in total. The van der Waals surface area contributed by atoms with Crippen LogP contribution in [0.1, 0.15) is 0 Å². The van der Waals surface area contributed by atoms with E-state index in [1.807, 2.05) is 0 Å². The summed E-state index contributed by atoms with van der Waals surface area (Å²) >= 11 is 12.3. The summed E-state index contributed by atoms with van der Waals surface area (Å²) in [6.45, 7) is -0.117. The average Bonchev–Trinajstić information content (AvgIpc) is 2.70. The van der Waals surface area contributed by atoms with Crippen LogP contribution in [0.2, 0.25) is 10.0 Å². The molecule has 3 rings (SSSR count). The molecule has 1 unspecified atom stereocenters. The highest BCUT2D eigenvalue weighted by atomic mass is 35.5. The van der Waals surface area contributed by atoms with Gasteiger partial charge in [0.1, 0.15) is 10.7 Å². The van der Waals surface area contributed by atoms with Crippen molar-refractivity contribution in [1.82, 2.24) is 0 Å². The van der Waals surface area contributed by atoms with E-state index < -0.39 is 21.8 Å². The standard InChI is InChI=1S/C14H12Cl2FNO3S/c15-9-2-1-3-10(16)13(9)8-4-7(17)5-11-14(8)21-12(6-18)22(11,19)20/h1-5,12,19-20H,6,18H2. The zero-order valence-corrected chi connectivity index (χ0v) is 13.4. The number of ether oxygens (including phenoxy) is 1. The maximum atomic E-state index is 14.0. The highest BCUT2D eigenvalue weighted by Gasteiger charge is 2.41. The van der Waals surface area contributed by atoms with E-state index in [0.717, 1.165) is 6.07 Å². The van der Waals surface area contributed by atoms with Crippen LogP contribution < -0.4 is 10.5 Å². The van der Waals surface area contributed by atoms with Gasteiger partial charge in [-0.1, -0.05) is 29.3 Å². The molecule has 1 heterocycles. The minimum Gasteiger partial charge on any atom is -0.466 e. The summed E-state index contributed by atoms with van der Waals surface area (Å²) in [5.74, 6) is -0.502. The first-order valence-corrected chi connectivity index (χ1v) is 8.64. The first-order valence-electron chi connectivity index (χ1n) is 6.28. The molecule has 8 heteroatoms. The van der Waals surface area contributed by atoms with Gasteiger partial charge in [0.25, 0.3) is 0 Å². The van der Waals surface area contributed by atoms with Crippen molar-refractivity contribution in [2.24, 2.45) is 5.73 Å². The molecule has 2 aromatic rings. The molecular formula is C14H12Cl2FNO3S. The minimum absolute atomic E-state index is 0.0195. The van der Waals surface area contributed by atoms with Gasteiger partial charge in [0.2, 0.25) is 5.44 Å². The van der Waals surface area contributed by atoms with Crippen molar-refractivity contribution >= 4 is 33.8 Å². The van der Waals surface area contributed by atoms with Crippen LogP contribution in [0.15, 0.2) is 35.2 Å². The molecule has 0 radical (unpaired) electrons. The normalized spacial score (nSPS) is 20.4. The molecule has 1 aliphatic heterocycles. The monoisotopic (exact) mass is 363 g/mol. The summed E-state index contributed by atoms with van der Waals surface area (Å²) in [7, 11) is -3.35. The molecule has 0 saturated heterocycles. The van der Waals surface area contributed by atoms with Crippen LogP contribution in [-0.2, 0) is 0 Å². The molecule has 1 atom stereocenters. The van der Waals surface area contributed by atoms with Crippen molar-refractivity contribution in [3.8, 4) is 16.9 Å². The van der Waals surface area contributed by atoms with Crippen molar-refractivity contribution in [3.05, 3.63) is 46.2 Å². The van der Waals surface area contributed by atoms with Gasteiger partial charge >= 0.3 is 0 Å². The first kappa shape index (κ1) is 15.9. The van der Waals surface area contributed by atoms with Crippen molar-refractivity contribution in [2.45, 2.75) is 10.3 Å². The molecule has 4 nitrogen and oxygen atoms in total. The molecular weight excluding hydrogens is 352 g/mol. The molecule has 22 heavy (non-hydrogen) atoms. The molecule has 0 fully saturated rings. The lowest BCUT2D eigenvalue weighted by Crippen LogP contribution is -2.27. The van der Waals surface area contributed by atoms with E-state index in [4.69, 9.17) is 33.7 Å². The third kappa shape index (κ3) is 2.36. The van der Waals surface area contributed by atoms with Crippen molar-refractivity contribution < 1.29 is 18.2 Å². The van der Waals surface area contributed by atoms with E-state index in [1.165, 1.54) is 6.07 Å². The Balaban J connectivity index is 2.29. The summed E-state index contributed by atoms with van der Waals surface area (Å²) in [6.07, 6.45) is 0. The van der Waals surface area contributed by atoms with Crippen LogP contribution in [0, 0.1) is 5.82 Å². The molecule has 0 aromatic heterocycles. The minimum atomic E-state index is -3.35. The van der Waals surface area contributed by atoms with Crippen LogP contribution in [0.3, 0.4) is 0 Å². The van der Waals surface area contributed by atoms with E-state index in [-0.39, 0.29) is 22.8 Å². The van der Waals surface area contributed by atoms with Gasteiger partial charge in [-0.3, -0.25) is 9.11 Å². The lowest BCUT2D eigenvalue weighted by Gasteiger charge is -2.31. The van der Waals surface area contributed by atoms with Crippen LogP contribution in [0.5, 0.6) is 5.75 Å². The van der Waals surface area contributed by atoms with Gasteiger partial charge in [0, 0.05) is 23.7 Å². The molecule has 0 amide bonds. The fourth-order valence-corrected chi connectivity index (χ4v) is 4.48. The lowest BCUT2D eigenvalue weighted by atomic mass is 10.0. The van der Waals surface area contributed by atoms with Gasteiger partial charge in [-0.2, -0.15) is 0 Å². The Morgan fingerprint density at radius 1 is 1.23 bits per heavy atom. The molecule has 1 aliphatic rings. The summed E-state index contributed by atoms with van der Waals surface area (Å²) in [5.41, 5.74) is 5.12. The molecule has 118 valence electrons. The first-order chi connectivity index (χ1) is 10.4. The fourth-order valence-electron chi connectivity index (χ4n) is 2.38. The summed E-state index contributed by atoms with van der Waals surface area (Å²) < 4.78 is 40.0. The Kier molecular flexibility index (Phi) is 4.01. The fraction of sp³-hybridized carbons (Fsp3) is 0.143. The third-order valence-corrected chi connectivity index (χ3v) is 5.99. The largest absolute Gasteiger partial charge is 0.466 e. The quantitative estimate of drug-likeness (QED) is 0.729. The molecule has 0 saturated carbocycles. The van der Waals surface area contributed by atoms with Crippen molar-refractivity contribution in [3.63, 3.8) is 0 Å². The van der Waals surface area contributed by atoms with Gasteiger partial charge < -0.3 is 10.5 Å². The number of rotatable bonds is 2.